The fourth-order valence-corrected chi connectivity index (χ4v) is 2.32. The van der Waals surface area contributed by atoms with E-state index >= 15 is 0 Å². The molecule has 0 atom stereocenters. The van der Waals surface area contributed by atoms with E-state index in [0.717, 1.165) is 31.6 Å². The number of imidazole rings is 1. The van der Waals surface area contributed by atoms with Crippen LogP contribution < -0.4 is 10.2 Å². The molecule has 0 saturated heterocycles. The Morgan fingerprint density at radius 2 is 1.78 bits per heavy atom. The maximum atomic E-state index is 5.33. The second-order valence-electron chi connectivity index (χ2n) is 5.19. The molecule has 3 aromatic rings. The topological polar surface area (TPSA) is 37.9 Å². The van der Waals surface area contributed by atoms with Crippen LogP contribution >= 0.6 is 0 Å². The van der Waals surface area contributed by atoms with E-state index in [1.54, 1.807) is 13.3 Å². The van der Waals surface area contributed by atoms with Crippen LogP contribution in [0.5, 0.6) is 5.75 Å². The number of methoxy groups -OCH3 is 1. The zero-order valence-corrected chi connectivity index (χ0v) is 13.8. The molecule has 2 aromatic carbocycles. The highest BCUT2D eigenvalue weighted by Crippen LogP contribution is 2.06. The minimum Gasteiger partial charge on any atom is -0.497 e. The fraction of sp³-hybridized carbons (Fsp3) is 0.211. The summed E-state index contributed by atoms with van der Waals surface area (Å²) in [6, 6.07) is 18.7. The Morgan fingerprint density at radius 3 is 2.39 bits per heavy atom. The van der Waals surface area contributed by atoms with Crippen molar-refractivity contribution in [2.45, 2.75) is 19.7 Å². The number of ether oxygens (including phenoxy) is 1. The third kappa shape index (κ3) is 5.66. The summed E-state index contributed by atoms with van der Waals surface area (Å²) in [6.07, 6.45) is 5.64. The Labute approximate surface area is 139 Å². The van der Waals surface area contributed by atoms with E-state index < -0.39 is 0 Å². The fourth-order valence-electron chi connectivity index (χ4n) is 2.32. The molecular weight excluding hydrogens is 283 g/mol. The number of hydrogen-bond donors (Lipinski definition) is 1. The summed E-state index contributed by atoms with van der Waals surface area (Å²) < 4.78 is 5.33. The number of aromatic nitrogens is 2. The van der Waals surface area contributed by atoms with Gasteiger partial charge in [-0.1, -0.05) is 61.0 Å². The van der Waals surface area contributed by atoms with Crippen molar-refractivity contribution < 1.29 is 4.74 Å². The Morgan fingerprint density at radius 1 is 1.04 bits per heavy atom. The summed E-state index contributed by atoms with van der Waals surface area (Å²) in [4.78, 5) is 6.95. The number of hydrogen-bond acceptors (Lipinski definition) is 2. The molecule has 0 unspecified atom stereocenters. The van der Waals surface area contributed by atoms with Gasteiger partial charge in [-0.25, -0.2) is 4.98 Å². The van der Waals surface area contributed by atoms with E-state index in [0.29, 0.717) is 0 Å². The molecule has 118 valence electrons. The van der Waals surface area contributed by atoms with Crippen LogP contribution in [-0.2, 0) is 12.7 Å². The summed E-state index contributed by atoms with van der Waals surface area (Å²) in [5.74, 6) is 2.04. The molecule has 1 heterocycles. The highest BCUT2D eigenvalue weighted by atomic mass is 16.5. The quantitative estimate of drug-likeness (QED) is 0.736. The molecule has 0 spiro atoms. The predicted molar refractivity (Wildman–Crippen MR) is 97.9 cm³/mol. The molecule has 0 saturated carbocycles. The van der Waals surface area contributed by atoms with Crippen LogP contribution in [0, 0.1) is 0 Å². The second kappa shape index (κ2) is 9.52. The van der Waals surface area contributed by atoms with Crippen molar-refractivity contribution in [3.05, 3.63) is 78.4 Å². The molecular formula is C19H23BN2O. The first-order valence-corrected chi connectivity index (χ1v) is 7.97. The number of aromatic amines is 1. The van der Waals surface area contributed by atoms with Crippen molar-refractivity contribution in [1.29, 1.82) is 0 Å². The molecule has 1 N–H and O–H groups in total. The lowest BCUT2D eigenvalue weighted by molar-refractivity contribution is 0.418. The minimum atomic E-state index is 0.985. The summed E-state index contributed by atoms with van der Waals surface area (Å²) in [7, 11) is 2.75. The van der Waals surface area contributed by atoms with Crippen LogP contribution in [0.3, 0.4) is 0 Å². The van der Waals surface area contributed by atoms with Crippen LogP contribution in [0.4, 0.5) is 0 Å². The van der Waals surface area contributed by atoms with Crippen molar-refractivity contribution in [3.63, 3.8) is 0 Å². The van der Waals surface area contributed by atoms with Crippen molar-refractivity contribution in [3.8, 4) is 5.75 Å². The van der Waals surface area contributed by atoms with Gasteiger partial charge < -0.3 is 9.72 Å². The number of rotatable bonds is 5. The van der Waals surface area contributed by atoms with Crippen molar-refractivity contribution in [2.24, 2.45) is 0 Å². The van der Waals surface area contributed by atoms with Gasteiger partial charge in [0, 0.05) is 18.8 Å². The first kappa shape index (κ1) is 16.9. The molecule has 0 aliphatic rings. The summed E-state index contributed by atoms with van der Waals surface area (Å²) in [5.41, 5.74) is 2.64. The van der Waals surface area contributed by atoms with Crippen LogP contribution in [0.1, 0.15) is 18.3 Å². The Hall–Kier alpha value is -2.49. The molecule has 0 amide bonds. The van der Waals surface area contributed by atoms with Gasteiger partial charge in [0.05, 0.1) is 7.11 Å². The Balaban J connectivity index is 0.000000229. The lowest BCUT2D eigenvalue weighted by atomic mass is 9.65. The largest absolute Gasteiger partial charge is 0.497 e. The third-order valence-electron chi connectivity index (χ3n) is 3.61. The van der Waals surface area contributed by atoms with Crippen LogP contribution in [0.25, 0.3) is 0 Å². The predicted octanol–water partition coefficient (Wildman–Crippen LogP) is 2.93. The van der Waals surface area contributed by atoms with Gasteiger partial charge in [0.25, 0.3) is 0 Å². The van der Waals surface area contributed by atoms with E-state index in [4.69, 9.17) is 4.74 Å². The average molecular weight is 306 g/mol. The van der Waals surface area contributed by atoms with Crippen molar-refractivity contribution >= 4 is 12.7 Å². The van der Waals surface area contributed by atoms with Gasteiger partial charge in [-0.05, 0) is 17.8 Å². The lowest BCUT2D eigenvalue weighted by Crippen LogP contribution is -2.18. The zero-order valence-electron chi connectivity index (χ0n) is 13.8. The van der Waals surface area contributed by atoms with Gasteiger partial charge in [0.2, 0.25) is 0 Å². The number of H-pyrrole nitrogens is 1. The zero-order chi connectivity index (χ0) is 16.3. The van der Waals surface area contributed by atoms with Crippen LogP contribution in [0.15, 0.2) is 67.0 Å². The van der Waals surface area contributed by atoms with E-state index in [1.165, 1.54) is 11.0 Å². The molecule has 4 heteroatoms. The SMILES string of the molecule is CCc1ncc[nH]1.COc1ccccc1BCc1ccccc1. The van der Waals surface area contributed by atoms with Gasteiger partial charge in [-0.2, -0.15) is 0 Å². The number of aryl methyl sites for hydroxylation is 1. The van der Waals surface area contributed by atoms with Gasteiger partial charge in [-0.3, -0.25) is 0 Å². The number of nitrogens with zero attached hydrogens (tertiary/aromatic N) is 1. The summed E-state index contributed by atoms with van der Waals surface area (Å²) in [6.45, 7) is 2.07. The minimum absolute atomic E-state index is 0.985. The van der Waals surface area contributed by atoms with Crippen molar-refractivity contribution in [2.75, 3.05) is 7.11 Å². The highest BCUT2D eigenvalue weighted by Gasteiger charge is 2.03. The number of nitrogens with one attached hydrogen (secondary N) is 1. The average Bonchev–Trinajstić information content (AvgIpc) is 3.15. The molecule has 0 aliphatic carbocycles. The van der Waals surface area contributed by atoms with Crippen LogP contribution in [-0.4, -0.2) is 24.4 Å². The Bertz CT molecular complexity index is 669. The van der Waals surface area contributed by atoms with Crippen LogP contribution in [0.2, 0.25) is 0 Å². The molecule has 0 radical (unpaired) electrons. The first-order valence-electron chi connectivity index (χ1n) is 7.97. The monoisotopic (exact) mass is 306 g/mol. The molecule has 3 rings (SSSR count). The smallest absolute Gasteiger partial charge is 0.167 e. The lowest BCUT2D eigenvalue weighted by Gasteiger charge is -2.06. The molecule has 23 heavy (non-hydrogen) atoms. The van der Waals surface area contributed by atoms with Crippen molar-refractivity contribution in [1.82, 2.24) is 9.97 Å². The normalized spacial score (nSPS) is 9.65. The van der Waals surface area contributed by atoms with Gasteiger partial charge >= 0.3 is 0 Å². The van der Waals surface area contributed by atoms with E-state index in [-0.39, 0.29) is 0 Å². The van der Waals surface area contributed by atoms with E-state index in [1.807, 2.05) is 24.4 Å². The molecule has 1 aromatic heterocycles. The second-order valence-corrected chi connectivity index (χ2v) is 5.19. The molecule has 0 fully saturated rings. The first-order chi connectivity index (χ1) is 11.3. The van der Waals surface area contributed by atoms with Gasteiger partial charge in [0.15, 0.2) is 7.28 Å². The van der Waals surface area contributed by atoms with Gasteiger partial charge in [0.1, 0.15) is 11.6 Å². The van der Waals surface area contributed by atoms with Gasteiger partial charge in [-0.15, -0.1) is 0 Å². The molecule has 3 nitrogen and oxygen atoms in total. The third-order valence-corrected chi connectivity index (χ3v) is 3.61. The molecule has 0 bridgehead atoms. The van der Waals surface area contributed by atoms with E-state index in [2.05, 4.69) is 53.3 Å². The standard InChI is InChI=1S/C14H15BO.C5H8N2/c1-16-14-10-6-5-9-13(14)15-11-12-7-3-2-4-8-12;1-2-5-6-3-4-7-5/h2-10,15H,11H2,1H3;3-4H,2H2,1H3,(H,6,7). The number of benzene rings is 2. The van der Waals surface area contributed by atoms with E-state index in [9.17, 15) is 0 Å². The number of para-hydroxylation sites is 1. The Kier molecular flexibility index (Phi) is 6.98. The summed E-state index contributed by atoms with van der Waals surface area (Å²) in [5, 5.41) is 0. The molecule has 0 aliphatic heterocycles. The summed E-state index contributed by atoms with van der Waals surface area (Å²) >= 11 is 0. The maximum absolute atomic E-state index is 5.33. The highest BCUT2D eigenvalue weighted by molar-refractivity contribution is 6.54. The maximum Gasteiger partial charge on any atom is 0.167 e.